The number of carbonyl (C=O) groups is 2. The van der Waals surface area contributed by atoms with Crippen LogP contribution in [0.5, 0.6) is 0 Å². The first-order valence-corrected chi connectivity index (χ1v) is 12.2. The van der Waals surface area contributed by atoms with Gasteiger partial charge in [-0.25, -0.2) is 4.79 Å². The van der Waals surface area contributed by atoms with Crippen LogP contribution in [0.15, 0.2) is 30.3 Å². The van der Waals surface area contributed by atoms with Crippen LogP contribution in [-0.4, -0.2) is 51.0 Å². The van der Waals surface area contributed by atoms with E-state index in [1.807, 2.05) is 19.9 Å². The molecule has 4 aliphatic carbocycles. The summed E-state index contributed by atoms with van der Waals surface area (Å²) in [4.78, 5) is 27.0. The summed E-state index contributed by atoms with van der Waals surface area (Å²) in [7, 11) is 0. The van der Waals surface area contributed by atoms with Crippen molar-refractivity contribution in [3.05, 3.63) is 35.9 Å². The number of hydrogen-bond donors (Lipinski definition) is 3. The second-order valence-electron chi connectivity index (χ2n) is 12.2. The van der Waals surface area contributed by atoms with Crippen LogP contribution in [0.4, 0.5) is 0 Å². The Hall–Kier alpha value is -1.76. The Morgan fingerprint density at radius 3 is 2.30 bits per heavy atom. The molecule has 1 aromatic carbocycles. The summed E-state index contributed by atoms with van der Waals surface area (Å²) < 4.78 is 5.87. The molecule has 0 spiro atoms. The lowest BCUT2D eigenvalue weighted by molar-refractivity contribution is -0.229. The van der Waals surface area contributed by atoms with Gasteiger partial charge in [0.25, 0.3) is 0 Å². The lowest BCUT2D eigenvalue weighted by Crippen LogP contribution is -2.72. The molecule has 0 radical (unpaired) electrons. The molecule has 33 heavy (non-hydrogen) atoms. The van der Waals surface area contributed by atoms with Crippen LogP contribution in [0.3, 0.4) is 0 Å². The van der Waals surface area contributed by atoms with Gasteiger partial charge in [-0.05, 0) is 61.5 Å². The number of aliphatic hydroxyl groups excluding tert-OH is 2. The van der Waals surface area contributed by atoms with E-state index in [0.717, 1.165) is 6.42 Å². The summed E-state index contributed by atoms with van der Waals surface area (Å²) >= 11 is 0. The Balaban J connectivity index is 1.54. The van der Waals surface area contributed by atoms with Crippen LogP contribution in [-0.2, 0) is 9.53 Å². The van der Waals surface area contributed by atoms with E-state index in [0.29, 0.717) is 12.0 Å². The molecule has 4 saturated carbocycles. The van der Waals surface area contributed by atoms with E-state index in [1.54, 1.807) is 31.2 Å². The maximum atomic E-state index is 14.2. The van der Waals surface area contributed by atoms with Crippen LogP contribution in [0.2, 0.25) is 0 Å². The number of ether oxygens (including phenoxy) is 1. The van der Waals surface area contributed by atoms with Crippen molar-refractivity contribution in [2.24, 2.45) is 39.9 Å². The zero-order valence-electron chi connectivity index (χ0n) is 20.1. The number of ketones is 1. The number of aliphatic hydroxyl groups is 3. The van der Waals surface area contributed by atoms with E-state index in [4.69, 9.17) is 4.74 Å². The van der Waals surface area contributed by atoms with Gasteiger partial charge in [-0.1, -0.05) is 45.9 Å². The summed E-state index contributed by atoms with van der Waals surface area (Å²) in [5.41, 5.74) is -3.76. The standard InChI is InChI=1S/C27H36O6/c1-14-13-27(32)18(19(14)33-22(30)15-9-7-6-8-10-15)20(28)25(4)12-11-16-17(24(16,2)3)21(29)26(25,5)23(27)31/h6-10,14,16-21,28-29,32H,11-13H2,1-5H3/t14-,16+,17+,18+,19-,20+,21+,25-,26+,27+/m0/s1. The first kappa shape index (κ1) is 23.0. The zero-order valence-corrected chi connectivity index (χ0v) is 20.1. The van der Waals surface area contributed by atoms with Crippen molar-refractivity contribution in [2.45, 2.75) is 77.8 Å². The smallest absolute Gasteiger partial charge is 0.338 e. The lowest BCUT2D eigenvalue weighted by atomic mass is 9.46. The van der Waals surface area contributed by atoms with Crippen LogP contribution in [0.25, 0.3) is 0 Å². The molecule has 180 valence electrons. The topological polar surface area (TPSA) is 104 Å². The predicted molar refractivity (Wildman–Crippen MR) is 121 cm³/mol. The molecule has 0 unspecified atom stereocenters. The number of fused-ring (bicyclic) bond motifs is 3. The normalized spacial score (nSPS) is 49.9. The van der Waals surface area contributed by atoms with Gasteiger partial charge < -0.3 is 20.1 Å². The molecular weight excluding hydrogens is 420 g/mol. The van der Waals surface area contributed by atoms with Gasteiger partial charge in [0.15, 0.2) is 5.78 Å². The van der Waals surface area contributed by atoms with E-state index in [9.17, 15) is 24.9 Å². The molecular formula is C27H36O6. The van der Waals surface area contributed by atoms with E-state index in [2.05, 4.69) is 13.8 Å². The summed E-state index contributed by atoms with van der Waals surface area (Å²) in [6, 6.07) is 8.61. The highest BCUT2D eigenvalue weighted by atomic mass is 16.5. The number of hydrogen-bond acceptors (Lipinski definition) is 6. The van der Waals surface area contributed by atoms with Crippen molar-refractivity contribution in [2.75, 3.05) is 0 Å². The van der Waals surface area contributed by atoms with Crippen molar-refractivity contribution in [1.29, 1.82) is 0 Å². The molecule has 0 amide bonds. The molecule has 10 atom stereocenters. The largest absolute Gasteiger partial charge is 0.458 e. The van der Waals surface area contributed by atoms with Crippen molar-refractivity contribution in [1.82, 2.24) is 0 Å². The molecule has 6 heteroatoms. The molecule has 0 bridgehead atoms. The number of rotatable bonds is 2. The van der Waals surface area contributed by atoms with Crippen LogP contribution < -0.4 is 0 Å². The van der Waals surface area contributed by atoms with Gasteiger partial charge in [-0.3, -0.25) is 4.79 Å². The highest BCUT2D eigenvalue weighted by Gasteiger charge is 2.79. The molecule has 5 rings (SSSR count). The molecule has 0 saturated heterocycles. The zero-order chi connectivity index (χ0) is 24.1. The van der Waals surface area contributed by atoms with Crippen molar-refractivity contribution in [3.8, 4) is 0 Å². The fourth-order valence-electron chi connectivity index (χ4n) is 8.08. The van der Waals surface area contributed by atoms with Crippen LogP contribution >= 0.6 is 0 Å². The van der Waals surface area contributed by atoms with E-state index >= 15 is 0 Å². The lowest BCUT2D eigenvalue weighted by Gasteiger charge is -2.59. The molecule has 0 aliphatic heterocycles. The first-order valence-electron chi connectivity index (χ1n) is 12.2. The van der Waals surface area contributed by atoms with Crippen LogP contribution in [0, 0.1) is 39.9 Å². The van der Waals surface area contributed by atoms with E-state index < -0.39 is 52.4 Å². The quantitative estimate of drug-likeness (QED) is 0.591. The van der Waals surface area contributed by atoms with Crippen molar-refractivity contribution in [3.63, 3.8) is 0 Å². The second-order valence-corrected chi connectivity index (χ2v) is 12.2. The first-order chi connectivity index (χ1) is 15.3. The van der Waals surface area contributed by atoms with Gasteiger partial charge >= 0.3 is 5.97 Å². The highest BCUT2D eigenvalue weighted by molar-refractivity contribution is 5.96. The molecule has 6 nitrogen and oxygen atoms in total. The monoisotopic (exact) mass is 456 g/mol. The third kappa shape index (κ3) is 2.72. The van der Waals surface area contributed by atoms with E-state index in [1.165, 1.54) is 0 Å². The van der Waals surface area contributed by atoms with Gasteiger partial charge in [0.05, 0.1) is 29.1 Å². The van der Waals surface area contributed by atoms with Gasteiger partial charge in [0.2, 0.25) is 0 Å². The third-order valence-electron chi connectivity index (χ3n) is 10.4. The number of benzene rings is 1. The maximum absolute atomic E-state index is 14.2. The number of Topliss-reactive ketones (excluding diaryl/α,β-unsaturated/α-hetero) is 1. The Kier molecular flexibility index (Phi) is 4.81. The molecule has 4 fully saturated rings. The van der Waals surface area contributed by atoms with E-state index in [-0.39, 0.29) is 29.6 Å². The highest BCUT2D eigenvalue weighted by Crippen LogP contribution is 2.73. The van der Waals surface area contributed by atoms with Crippen LogP contribution in [0.1, 0.15) is 64.2 Å². The third-order valence-corrected chi connectivity index (χ3v) is 10.4. The van der Waals surface area contributed by atoms with Gasteiger partial charge in [0, 0.05) is 5.41 Å². The van der Waals surface area contributed by atoms with Crippen molar-refractivity contribution >= 4 is 11.8 Å². The SMILES string of the molecule is C[C@H]1C[C@]2(O)C(=O)[C@@]3(C)[C@H](O)[C@H]4[C@@H](CC[C@@]3(C)[C@H](O)[C@H]2[C@H]1OC(=O)c1ccccc1)C4(C)C. The summed E-state index contributed by atoms with van der Waals surface area (Å²) in [5.74, 6) is -1.94. The Morgan fingerprint density at radius 1 is 1.03 bits per heavy atom. The molecule has 3 N–H and O–H groups in total. The maximum Gasteiger partial charge on any atom is 0.338 e. The van der Waals surface area contributed by atoms with Gasteiger partial charge in [0.1, 0.15) is 11.7 Å². The number of esters is 1. The molecule has 4 aliphatic rings. The fourth-order valence-corrected chi connectivity index (χ4v) is 8.08. The fraction of sp³-hybridized carbons (Fsp3) is 0.704. The predicted octanol–water partition coefficient (Wildman–Crippen LogP) is 2.98. The second kappa shape index (κ2) is 6.89. The molecule has 1 aromatic rings. The minimum Gasteiger partial charge on any atom is -0.458 e. The minimum atomic E-state index is -1.85. The minimum absolute atomic E-state index is 0.0360. The Labute approximate surface area is 195 Å². The molecule has 0 aromatic heterocycles. The summed E-state index contributed by atoms with van der Waals surface area (Å²) in [6.45, 7) is 9.69. The number of carbonyl (C=O) groups excluding carboxylic acids is 2. The Bertz CT molecular complexity index is 990. The van der Waals surface area contributed by atoms with Crippen molar-refractivity contribution < 1.29 is 29.6 Å². The average Bonchev–Trinajstić information content (AvgIpc) is 3.26. The van der Waals surface area contributed by atoms with Gasteiger partial charge in [-0.15, -0.1) is 0 Å². The van der Waals surface area contributed by atoms with Gasteiger partial charge in [-0.2, -0.15) is 0 Å². The average molecular weight is 457 g/mol. The summed E-state index contributed by atoms with van der Waals surface area (Å²) in [6.07, 6.45) is -1.37. The Morgan fingerprint density at radius 2 is 1.67 bits per heavy atom. The summed E-state index contributed by atoms with van der Waals surface area (Å²) in [5, 5.41) is 35.2. The molecule has 0 heterocycles.